The largest absolute Gasteiger partial charge is 0.308 e. The van der Waals surface area contributed by atoms with Crippen LogP contribution in [0.5, 0.6) is 0 Å². The van der Waals surface area contributed by atoms with Crippen LogP contribution in [0.1, 0.15) is 0 Å². The molecule has 10 aromatic rings. The molecule has 17 heteroatoms. The van der Waals surface area contributed by atoms with Crippen LogP contribution >= 0.6 is 10.0 Å². The normalized spacial score (nSPS) is 11.9. The van der Waals surface area contributed by atoms with Gasteiger partial charge in [0, 0.05) is 41.5 Å². The van der Waals surface area contributed by atoms with Crippen LogP contribution in [0.25, 0.3) is 60.9 Å². The summed E-state index contributed by atoms with van der Waals surface area (Å²) in [7, 11) is 98.8. The van der Waals surface area contributed by atoms with Crippen molar-refractivity contribution in [2.45, 2.75) is 19.6 Å². The van der Waals surface area contributed by atoms with E-state index >= 15 is 0 Å². The molecule has 30 radical (unpaired) electrons. The maximum absolute atomic E-state index is 7.19. The maximum Gasteiger partial charge on any atom is 0.113 e. The summed E-state index contributed by atoms with van der Waals surface area (Å²) in [5.74, 6) is 0. The van der Waals surface area contributed by atoms with Crippen molar-refractivity contribution in [2.24, 2.45) is 0 Å². The monoisotopic (exact) mass is 883 g/mol. The smallest absolute Gasteiger partial charge is 0.113 e. The number of rotatable bonds is 8. The van der Waals surface area contributed by atoms with Crippen LogP contribution in [0, 0.1) is 0 Å². The molecule has 0 amide bonds. The number of hydrogen-bond acceptors (Lipinski definition) is 0. The van der Waals surface area contributed by atoms with Crippen molar-refractivity contribution in [2.75, 3.05) is 0 Å². The Morgan fingerprint density at radius 2 is 0.592 bits per heavy atom. The molecular weight excluding hydrogens is 857 g/mol. The molecule has 0 aliphatic heterocycles. The third-order valence-corrected chi connectivity index (χ3v) is 17.4. The zero-order valence-corrected chi connectivity index (χ0v) is 39.2. The third kappa shape index (κ3) is 7.46. The molecule has 0 fully saturated rings. The molecular formula is C54H24B15NS. The van der Waals surface area contributed by atoms with Crippen LogP contribution in [0.2, 0.25) is 0 Å². The van der Waals surface area contributed by atoms with Crippen LogP contribution < -0.4 is 81.9 Å². The number of nitrogens with zero attached hydrogens (tertiary/aromatic N) is 1. The first-order valence-electron chi connectivity index (χ1n) is 22.3. The minimum absolute atomic E-state index is 0.0407. The van der Waals surface area contributed by atoms with Gasteiger partial charge in [0.05, 0.1) is 16.7 Å². The van der Waals surface area contributed by atoms with Gasteiger partial charge in [0.25, 0.3) is 0 Å². The minimum atomic E-state index is -2.51. The summed E-state index contributed by atoms with van der Waals surface area (Å²) in [5.41, 5.74) is 5.90. The van der Waals surface area contributed by atoms with E-state index in [2.05, 4.69) is 53.1 Å². The van der Waals surface area contributed by atoms with Crippen molar-refractivity contribution >= 4 is 231 Å². The van der Waals surface area contributed by atoms with Crippen LogP contribution in [-0.4, -0.2) is 122 Å². The lowest BCUT2D eigenvalue weighted by Gasteiger charge is -2.43. The zero-order valence-electron chi connectivity index (χ0n) is 38.4. The van der Waals surface area contributed by atoms with E-state index in [4.69, 9.17) is 118 Å². The van der Waals surface area contributed by atoms with Gasteiger partial charge in [0.2, 0.25) is 0 Å². The van der Waals surface area contributed by atoms with Gasteiger partial charge in [-0.15, -0.1) is 59.2 Å². The lowest BCUT2D eigenvalue weighted by atomic mass is 9.58. The molecule has 1 heterocycles. The second-order valence-electron chi connectivity index (χ2n) is 17.3. The fourth-order valence-corrected chi connectivity index (χ4v) is 13.8. The van der Waals surface area contributed by atoms with Crippen LogP contribution in [0.15, 0.2) is 165 Å². The number of hydrogen-bond donors (Lipinski definition) is 0. The van der Waals surface area contributed by atoms with Crippen LogP contribution in [0.4, 0.5) is 0 Å². The molecule has 0 aliphatic carbocycles. The molecule has 10 rings (SSSR count). The van der Waals surface area contributed by atoms with Crippen molar-refractivity contribution < 1.29 is 0 Å². The van der Waals surface area contributed by atoms with Gasteiger partial charge in [-0.25, -0.2) is 0 Å². The highest BCUT2D eigenvalue weighted by Crippen LogP contribution is 2.74. The van der Waals surface area contributed by atoms with Crippen LogP contribution in [0.3, 0.4) is 0 Å². The van der Waals surface area contributed by atoms with Gasteiger partial charge in [-0.05, 0) is 89.0 Å². The second kappa shape index (κ2) is 18.6. The van der Waals surface area contributed by atoms with Crippen LogP contribution in [-0.2, 0) is 0 Å². The minimum Gasteiger partial charge on any atom is -0.308 e. The van der Waals surface area contributed by atoms with E-state index in [-0.39, 0.29) is 81.9 Å². The molecule has 0 spiro atoms. The zero-order chi connectivity index (χ0) is 50.4. The lowest BCUT2D eigenvalue weighted by Crippen LogP contribution is -2.55. The summed E-state index contributed by atoms with van der Waals surface area (Å²) >= 11 is 0. The maximum atomic E-state index is 7.19. The standard InChI is InChI=1S/C54H24B15NS/c55-39-36(40(56)46(62)51(67)45(39)61)25-20-21-35-31(22-25)30-18-10-11-19-34(30)70(35)54-32(37-41(57)47(63)52(68)48(64)42(37)58)23-29(24-33(54)38-43(59)49(65)53(69)50(66)44(38)60)71(26-12-4-1-5-13-26,27-14-6-2-7-15-27)28-16-8-3-9-17-28/h1-24H. The van der Waals surface area contributed by atoms with Crippen molar-refractivity contribution in [1.82, 2.24) is 4.57 Å². The molecule has 71 heavy (non-hydrogen) atoms. The van der Waals surface area contributed by atoms with Gasteiger partial charge in [0.1, 0.15) is 118 Å². The van der Waals surface area contributed by atoms with Gasteiger partial charge in [0.15, 0.2) is 0 Å². The Labute approximate surface area is 437 Å². The van der Waals surface area contributed by atoms with Gasteiger partial charge in [-0.2, -0.15) is 0 Å². The SMILES string of the molecule is [B]c1c([B])c([B])c(-c2ccc3c(c2)c2ccccc2n3-c2c(-c3c([B])c([B])c([B])c([B])c3[B])cc(S(c3ccccc3)(c3ccccc3)c3ccccc3)cc2-c2c([B])c([B])c([B])c([B])c2[B])c([B])c1[B]. The summed E-state index contributed by atoms with van der Waals surface area (Å²) in [6, 6.07) is 48.7. The molecule has 0 saturated carbocycles. The van der Waals surface area contributed by atoms with Crippen molar-refractivity contribution in [1.29, 1.82) is 0 Å². The first kappa shape index (κ1) is 48.7. The fraction of sp³-hybridized carbons (Fsp3) is 0. The molecule has 1 nitrogen and oxygen atoms in total. The summed E-state index contributed by atoms with van der Waals surface area (Å²) in [4.78, 5) is 3.82. The first-order valence-corrected chi connectivity index (χ1v) is 23.9. The molecule has 9 aromatic carbocycles. The number of aromatic nitrogens is 1. The van der Waals surface area contributed by atoms with Gasteiger partial charge in [-0.1, -0.05) is 112 Å². The highest BCUT2D eigenvalue weighted by molar-refractivity contribution is 8.34. The summed E-state index contributed by atoms with van der Waals surface area (Å²) in [6.07, 6.45) is 0. The van der Waals surface area contributed by atoms with E-state index < -0.39 is 10.0 Å². The van der Waals surface area contributed by atoms with E-state index in [1.165, 1.54) is 0 Å². The molecule has 0 saturated heterocycles. The molecule has 0 atom stereocenters. The summed E-state index contributed by atoms with van der Waals surface area (Å²) in [6.45, 7) is 0. The van der Waals surface area contributed by atoms with Gasteiger partial charge < -0.3 is 4.57 Å². The average Bonchev–Trinajstić information content (AvgIpc) is 3.72. The first-order chi connectivity index (χ1) is 34.0. The number of fused-ring (bicyclic) bond motifs is 3. The molecule has 0 unspecified atom stereocenters. The molecule has 1 aromatic heterocycles. The van der Waals surface area contributed by atoms with E-state index in [1.54, 1.807) is 0 Å². The predicted octanol–water partition coefficient (Wildman–Crippen LogP) is -2.97. The summed E-state index contributed by atoms with van der Waals surface area (Å²) < 4.78 is 2.08. The molecule has 0 aliphatic rings. The molecule has 296 valence electrons. The summed E-state index contributed by atoms with van der Waals surface area (Å²) in [5, 5.41) is 1.60. The highest BCUT2D eigenvalue weighted by atomic mass is 32.3. The van der Waals surface area contributed by atoms with E-state index in [0.717, 1.165) is 35.9 Å². The Balaban J connectivity index is 1.48. The Bertz CT molecular complexity index is 3550. The highest BCUT2D eigenvalue weighted by Gasteiger charge is 2.36. The quantitative estimate of drug-likeness (QED) is 0.144. The van der Waals surface area contributed by atoms with Crippen molar-refractivity contribution in [3.05, 3.63) is 146 Å². The number of benzene rings is 9. The van der Waals surface area contributed by atoms with Crippen molar-refractivity contribution in [3.63, 3.8) is 0 Å². The fourth-order valence-electron chi connectivity index (χ4n) is 9.91. The Morgan fingerprint density at radius 1 is 0.268 bits per heavy atom. The van der Waals surface area contributed by atoms with E-state index in [1.807, 2.05) is 97.1 Å². The van der Waals surface area contributed by atoms with E-state index in [9.17, 15) is 0 Å². The van der Waals surface area contributed by atoms with Gasteiger partial charge in [-0.3, -0.25) is 0 Å². The van der Waals surface area contributed by atoms with E-state index in [0.29, 0.717) is 44.6 Å². The van der Waals surface area contributed by atoms with Crippen molar-refractivity contribution in [3.8, 4) is 39.1 Å². The average molecular weight is 881 g/mol. The molecule has 0 bridgehead atoms. The molecule has 0 N–H and O–H groups in total. The topological polar surface area (TPSA) is 4.93 Å². The lowest BCUT2D eigenvalue weighted by molar-refractivity contribution is 1.17. The second-order valence-corrected chi connectivity index (χ2v) is 20.4. The predicted molar refractivity (Wildman–Crippen MR) is 318 cm³/mol. The Kier molecular flexibility index (Phi) is 12.8. The third-order valence-electron chi connectivity index (χ3n) is 13.5. The number of para-hydroxylation sites is 1. The Hall–Kier alpha value is -5.90. The Morgan fingerprint density at radius 3 is 0.986 bits per heavy atom. The van der Waals surface area contributed by atoms with Gasteiger partial charge >= 0.3 is 0 Å².